The minimum absolute atomic E-state index is 0.759. The van der Waals surface area contributed by atoms with Gasteiger partial charge in [0.25, 0.3) is 0 Å². The van der Waals surface area contributed by atoms with Gasteiger partial charge in [-0.05, 0) is 30.3 Å². The van der Waals surface area contributed by atoms with Gasteiger partial charge < -0.3 is 9.84 Å². The molecule has 1 N–H and O–H groups in total. The van der Waals surface area contributed by atoms with Gasteiger partial charge in [-0.3, -0.25) is 0 Å². The fourth-order valence-corrected chi connectivity index (χ4v) is 1.48. The number of H-pyrrole nitrogens is 1. The van der Waals surface area contributed by atoms with Crippen molar-refractivity contribution in [2.75, 3.05) is 7.11 Å². The van der Waals surface area contributed by atoms with E-state index < -0.39 is 0 Å². The Bertz CT molecular complexity index is 469. The van der Waals surface area contributed by atoms with Crippen molar-refractivity contribution in [3.63, 3.8) is 0 Å². The van der Waals surface area contributed by atoms with Crippen molar-refractivity contribution in [2.45, 2.75) is 0 Å². The molecule has 0 saturated carbocycles. The van der Waals surface area contributed by atoms with Crippen molar-refractivity contribution in [1.82, 2.24) is 9.78 Å². The molecule has 0 aliphatic heterocycles. The zero-order valence-electron chi connectivity index (χ0n) is 7.73. The van der Waals surface area contributed by atoms with Gasteiger partial charge in [-0.1, -0.05) is 12.2 Å². The predicted molar refractivity (Wildman–Crippen MR) is 57.5 cm³/mol. The first-order chi connectivity index (χ1) is 6.81. The maximum atomic E-state index is 5.13. The summed E-state index contributed by atoms with van der Waals surface area (Å²) in [4.78, 5) is 0. The molecule has 3 nitrogen and oxygen atoms in total. The lowest BCUT2D eigenvalue weighted by Crippen LogP contribution is -1.95. The predicted octanol–water partition coefficient (Wildman–Crippen LogP) is 2.54. The number of rotatable bonds is 2. The van der Waals surface area contributed by atoms with E-state index in [2.05, 4.69) is 5.10 Å². The van der Waals surface area contributed by atoms with Gasteiger partial charge in [0.05, 0.1) is 12.8 Å². The molecule has 2 aromatic rings. The summed E-state index contributed by atoms with van der Waals surface area (Å²) in [5.41, 5.74) is 1.00. The summed E-state index contributed by atoms with van der Waals surface area (Å²) < 4.78 is 7.66. The molecular formula is C10H10N2OS. The number of ether oxygens (including phenoxy) is 1. The Balaban J connectivity index is 2.44. The number of hydrogen-bond acceptors (Lipinski definition) is 2. The smallest absolute Gasteiger partial charge is 0.127 e. The normalized spacial score (nSPS) is 10.1. The highest BCUT2D eigenvalue weighted by molar-refractivity contribution is 7.71. The average molecular weight is 206 g/mol. The lowest BCUT2D eigenvalue weighted by atomic mass is 10.3. The van der Waals surface area contributed by atoms with Crippen molar-refractivity contribution in [1.29, 1.82) is 0 Å². The third kappa shape index (κ3) is 1.56. The molecule has 0 saturated heterocycles. The van der Waals surface area contributed by atoms with Gasteiger partial charge in [0, 0.05) is 6.20 Å². The first-order valence-corrected chi connectivity index (χ1v) is 4.63. The van der Waals surface area contributed by atoms with E-state index in [1.165, 1.54) is 0 Å². The third-order valence-corrected chi connectivity index (χ3v) is 2.30. The minimum Gasteiger partial charge on any atom is -0.497 e. The number of aromatic amines is 1. The van der Waals surface area contributed by atoms with Gasteiger partial charge in [-0.25, -0.2) is 4.68 Å². The number of hydrogen-bond donors (Lipinski definition) is 1. The van der Waals surface area contributed by atoms with Crippen LogP contribution in [0.2, 0.25) is 0 Å². The summed E-state index contributed by atoms with van der Waals surface area (Å²) in [6, 6.07) is 9.55. The van der Waals surface area contributed by atoms with E-state index in [0.29, 0.717) is 0 Å². The second kappa shape index (κ2) is 3.67. The summed E-state index contributed by atoms with van der Waals surface area (Å²) in [5.74, 6) is 0.840. The van der Waals surface area contributed by atoms with E-state index in [0.717, 1.165) is 16.1 Å². The molecule has 0 fully saturated rings. The van der Waals surface area contributed by atoms with Crippen LogP contribution in [0.5, 0.6) is 5.75 Å². The highest BCUT2D eigenvalue weighted by atomic mass is 32.1. The van der Waals surface area contributed by atoms with E-state index >= 15 is 0 Å². The molecule has 0 aliphatic carbocycles. The maximum absolute atomic E-state index is 5.13. The van der Waals surface area contributed by atoms with Gasteiger partial charge in [-0.2, -0.15) is 0 Å². The highest BCUT2D eigenvalue weighted by Gasteiger charge is 1.97. The van der Waals surface area contributed by atoms with E-state index in [1.54, 1.807) is 7.11 Å². The number of benzene rings is 1. The van der Waals surface area contributed by atoms with Crippen LogP contribution in [0.3, 0.4) is 0 Å². The molecule has 1 aromatic heterocycles. The van der Waals surface area contributed by atoms with E-state index in [4.69, 9.17) is 17.0 Å². The molecule has 14 heavy (non-hydrogen) atoms. The van der Waals surface area contributed by atoms with Gasteiger partial charge in [0.1, 0.15) is 10.4 Å². The molecule has 0 radical (unpaired) electrons. The third-order valence-electron chi connectivity index (χ3n) is 1.98. The largest absolute Gasteiger partial charge is 0.497 e. The maximum Gasteiger partial charge on any atom is 0.127 e. The van der Waals surface area contributed by atoms with Crippen LogP contribution in [0.4, 0.5) is 0 Å². The Kier molecular flexibility index (Phi) is 2.37. The van der Waals surface area contributed by atoms with Gasteiger partial charge >= 0.3 is 0 Å². The Morgan fingerprint density at radius 1 is 1.21 bits per heavy atom. The molecule has 0 atom stereocenters. The quantitative estimate of drug-likeness (QED) is 0.765. The molecule has 1 aromatic carbocycles. The van der Waals surface area contributed by atoms with Crippen LogP contribution in [-0.2, 0) is 0 Å². The summed E-state index contributed by atoms with van der Waals surface area (Å²) in [6.45, 7) is 0. The van der Waals surface area contributed by atoms with Crippen LogP contribution in [0, 0.1) is 4.64 Å². The number of nitrogens with zero attached hydrogens (tertiary/aromatic N) is 1. The van der Waals surface area contributed by atoms with Crippen molar-refractivity contribution in [2.24, 2.45) is 0 Å². The fourth-order valence-electron chi connectivity index (χ4n) is 1.25. The second-order valence-corrected chi connectivity index (χ2v) is 3.25. The van der Waals surface area contributed by atoms with Crippen molar-refractivity contribution >= 4 is 12.2 Å². The molecular weight excluding hydrogens is 196 g/mol. The number of nitrogens with one attached hydrogen (secondary N) is 1. The van der Waals surface area contributed by atoms with E-state index in [1.807, 2.05) is 41.2 Å². The van der Waals surface area contributed by atoms with Crippen LogP contribution >= 0.6 is 12.2 Å². The van der Waals surface area contributed by atoms with Crippen molar-refractivity contribution in [3.8, 4) is 11.4 Å². The SMILES string of the molecule is COc1ccc(-n2[nH]ccc2=S)cc1. The monoisotopic (exact) mass is 206 g/mol. The highest BCUT2D eigenvalue weighted by Crippen LogP contribution is 2.14. The van der Waals surface area contributed by atoms with Crippen molar-refractivity contribution in [3.05, 3.63) is 41.2 Å². The van der Waals surface area contributed by atoms with Crippen LogP contribution in [0.15, 0.2) is 36.5 Å². The lowest BCUT2D eigenvalue weighted by Gasteiger charge is -2.03. The zero-order valence-corrected chi connectivity index (χ0v) is 8.54. The fraction of sp³-hybridized carbons (Fsp3) is 0.100. The van der Waals surface area contributed by atoms with Crippen LogP contribution < -0.4 is 4.74 Å². The first-order valence-electron chi connectivity index (χ1n) is 4.22. The molecule has 0 amide bonds. The topological polar surface area (TPSA) is 29.9 Å². The molecule has 4 heteroatoms. The standard InChI is InChI=1S/C10H10N2OS/c1-13-9-4-2-8(3-5-9)12-10(14)6-7-11-12/h2-7,11H,1H3. The molecule has 2 rings (SSSR count). The van der Waals surface area contributed by atoms with Crippen molar-refractivity contribution < 1.29 is 4.74 Å². The lowest BCUT2D eigenvalue weighted by molar-refractivity contribution is 0.414. The van der Waals surface area contributed by atoms with Gasteiger partial charge in [0.15, 0.2) is 0 Å². The first kappa shape index (κ1) is 9.02. The van der Waals surface area contributed by atoms with E-state index in [9.17, 15) is 0 Å². The Morgan fingerprint density at radius 3 is 2.43 bits per heavy atom. The Hall–Kier alpha value is -1.55. The van der Waals surface area contributed by atoms with Crippen LogP contribution in [0.25, 0.3) is 5.69 Å². The van der Waals surface area contributed by atoms with Gasteiger partial charge in [0.2, 0.25) is 0 Å². The minimum atomic E-state index is 0.759. The van der Waals surface area contributed by atoms with Crippen LogP contribution in [-0.4, -0.2) is 16.9 Å². The molecule has 0 unspecified atom stereocenters. The Labute approximate surface area is 86.9 Å². The number of methoxy groups -OCH3 is 1. The summed E-state index contributed by atoms with van der Waals surface area (Å²) in [5, 5.41) is 3.03. The average Bonchev–Trinajstić information content (AvgIpc) is 2.65. The van der Waals surface area contributed by atoms with Gasteiger partial charge in [-0.15, -0.1) is 0 Å². The summed E-state index contributed by atoms with van der Waals surface area (Å²) in [6.07, 6.45) is 1.81. The second-order valence-electron chi connectivity index (χ2n) is 2.83. The Morgan fingerprint density at radius 2 is 1.93 bits per heavy atom. The zero-order chi connectivity index (χ0) is 9.97. The summed E-state index contributed by atoms with van der Waals surface area (Å²) in [7, 11) is 1.65. The molecule has 0 spiro atoms. The number of aromatic nitrogens is 2. The van der Waals surface area contributed by atoms with E-state index in [-0.39, 0.29) is 0 Å². The molecule has 0 bridgehead atoms. The molecule has 1 heterocycles. The molecule has 0 aliphatic rings. The van der Waals surface area contributed by atoms with Crippen LogP contribution in [0.1, 0.15) is 0 Å². The summed E-state index contributed by atoms with van der Waals surface area (Å²) >= 11 is 5.13. The molecule has 72 valence electrons.